The first-order valence-electron chi connectivity index (χ1n) is 7.75. The van der Waals surface area contributed by atoms with Gasteiger partial charge < -0.3 is 10.2 Å². The summed E-state index contributed by atoms with van der Waals surface area (Å²) in [5, 5.41) is 3.94. The maximum atomic E-state index is 12.1. The summed E-state index contributed by atoms with van der Waals surface area (Å²) in [5.74, 6) is 0.900. The van der Waals surface area contributed by atoms with Crippen molar-refractivity contribution in [3.8, 4) is 0 Å². The van der Waals surface area contributed by atoms with Crippen molar-refractivity contribution in [2.24, 2.45) is 4.99 Å². The Bertz CT molecular complexity index is 686. The summed E-state index contributed by atoms with van der Waals surface area (Å²) >= 11 is 6.00. The molecule has 5 nitrogen and oxygen atoms in total. The Labute approximate surface area is 143 Å². The van der Waals surface area contributed by atoms with Crippen LogP contribution in [0, 0.1) is 0 Å². The molecule has 0 radical (unpaired) electrons. The molecule has 1 N–H and O–H groups in total. The first kappa shape index (κ1) is 18.1. The molecule has 0 amide bonds. The minimum Gasteiger partial charge on any atom is -0.357 e. The standard InChI is InChI=1S/C16H24ClN3O2S/c1-4-18-15(19-11-13-6-5-7-14(17)10-13)20-8-9-23(21,22)16(2,3)12-20/h5-7,10H,4,8-9,11-12H2,1-3H3,(H,18,19). The van der Waals surface area contributed by atoms with E-state index in [2.05, 4.69) is 10.3 Å². The zero-order chi connectivity index (χ0) is 17.1. The Hall–Kier alpha value is -1.27. The van der Waals surface area contributed by atoms with E-state index in [1.165, 1.54) is 0 Å². The molecule has 1 heterocycles. The number of hydrogen-bond acceptors (Lipinski definition) is 3. The number of guanidine groups is 1. The SMILES string of the molecule is CCNC(=NCc1cccc(Cl)c1)N1CCS(=O)(=O)C(C)(C)C1. The number of halogens is 1. The molecule has 1 aliphatic rings. The van der Waals surface area contributed by atoms with Crippen molar-refractivity contribution >= 4 is 27.4 Å². The minimum atomic E-state index is -3.06. The predicted octanol–water partition coefficient (Wildman–Crippen LogP) is 2.31. The Kier molecular flexibility index (Phi) is 5.57. The summed E-state index contributed by atoms with van der Waals surface area (Å²) in [6.07, 6.45) is 0. The highest BCUT2D eigenvalue weighted by molar-refractivity contribution is 7.92. The van der Waals surface area contributed by atoms with Crippen LogP contribution in [0.4, 0.5) is 0 Å². The minimum absolute atomic E-state index is 0.154. The van der Waals surface area contributed by atoms with Gasteiger partial charge in [0.25, 0.3) is 0 Å². The summed E-state index contributed by atoms with van der Waals surface area (Å²) in [6.45, 7) is 7.69. The van der Waals surface area contributed by atoms with Crippen LogP contribution >= 0.6 is 11.6 Å². The van der Waals surface area contributed by atoms with Crippen molar-refractivity contribution in [3.63, 3.8) is 0 Å². The fourth-order valence-corrected chi connectivity index (χ4v) is 4.13. The second kappa shape index (κ2) is 7.09. The quantitative estimate of drug-likeness (QED) is 0.666. The van der Waals surface area contributed by atoms with Gasteiger partial charge in [-0.15, -0.1) is 0 Å². The molecule has 1 saturated heterocycles. The van der Waals surface area contributed by atoms with Crippen molar-refractivity contribution in [1.82, 2.24) is 10.2 Å². The van der Waals surface area contributed by atoms with E-state index in [0.717, 1.165) is 18.1 Å². The molecular weight excluding hydrogens is 334 g/mol. The summed E-state index contributed by atoms with van der Waals surface area (Å²) in [6, 6.07) is 7.59. The molecule has 2 rings (SSSR count). The molecule has 0 aliphatic carbocycles. The zero-order valence-corrected chi connectivity index (χ0v) is 15.4. The van der Waals surface area contributed by atoms with E-state index in [0.29, 0.717) is 24.7 Å². The Morgan fingerprint density at radius 1 is 1.43 bits per heavy atom. The summed E-state index contributed by atoms with van der Waals surface area (Å²) in [7, 11) is -3.06. The number of benzene rings is 1. The van der Waals surface area contributed by atoms with Crippen LogP contribution in [0.25, 0.3) is 0 Å². The summed E-state index contributed by atoms with van der Waals surface area (Å²) < 4.78 is 23.5. The largest absolute Gasteiger partial charge is 0.357 e. The molecule has 1 fully saturated rings. The molecule has 1 aliphatic heterocycles. The summed E-state index contributed by atoms with van der Waals surface area (Å²) in [4.78, 5) is 6.66. The highest BCUT2D eigenvalue weighted by Gasteiger charge is 2.40. The molecule has 23 heavy (non-hydrogen) atoms. The lowest BCUT2D eigenvalue weighted by atomic mass is 10.2. The van der Waals surface area contributed by atoms with Gasteiger partial charge in [-0.25, -0.2) is 13.4 Å². The molecule has 0 bridgehead atoms. The van der Waals surface area contributed by atoms with Gasteiger partial charge in [-0.1, -0.05) is 23.7 Å². The van der Waals surface area contributed by atoms with E-state index in [1.807, 2.05) is 36.1 Å². The Morgan fingerprint density at radius 2 is 2.17 bits per heavy atom. The van der Waals surface area contributed by atoms with E-state index >= 15 is 0 Å². The second-order valence-electron chi connectivity index (χ2n) is 6.30. The summed E-state index contributed by atoms with van der Waals surface area (Å²) in [5.41, 5.74) is 1.02. The van der Waals surface area contributed by atoms with Crippen LogP contribution in [0.1, 0.15) is 26.3 Å². The number of hydrogen-bond donors (Lipinski definition) is 1. The maximum absolute atomic E-state index is 12.1. The highest BCUT2D eigenvalue weighted by Crippen LogP contribution is 2.23. The van der Waals surface area contributed by atoms with Crippen LogP contribution < -0.4 is 5.32 Å². The zero-order valence-electron chi connectivity index (χ0n) is 13.8. The molecule has 1 aromatic carbocycles. The van der Waals surface area contributed by atoms with Crippen LogP contribution in [0.2, 0.25) is 5.02 Å². The average Bonchev–Trinajstić information content (AvgIpc) is 2.46. The number of sulfone groups is 1. The van der Waals surface area contributed by atoms with Crippen LogP contribution in [0.15, 0.2) is 29.3 Å². The van der Waals surface area contributed by atoms with Gasteiger partial charge >= 0.3 is 0 Å². The smallest absolute Gasteiger partial charge is 0.194 e. The highest BCUT2D eigenvalue weighted by atomic mass is 35.5. The number of nitrogens with one attached hydrogen (secondary N) is 1. The fourth-order valence-electron chi connectivity index (χ4n) is 2.55. The fraction of sp³-hybridized carbons (Fsp3) is 0.562. The van der Waals surface area contributed by atoms with Gasteiger partial charge in [0.2, 0.25) is 0 Å². The normalized spacial score (nSPS) is 20.3. The van der Waals surface area contributed by atoms with E-state index in [9.17, 15) is 8.42 Å². The first-order valence-corrected chi connectivity index (χ1v) is 9.78. The van der Waals surface area contributed by atoms with Gasteiger partial charge in [0, 0.05) is 24.7 Å². The molecule has 7 heteroatoms. The Balaban J connectivity index is 2.16. The van der Waals surface area contributed by atoms with Crippen molar-refractivity contribution in [3.05, 3.63) is 34.9 Å². The first-order chi connectivity index (χ1) is 10.7. The Morgan fingerprint density at radius 3 is 2.78 bits per heavy atom. The average molecular weight is 358 g/mol. The molecule has 0 spiro atoms. The molecule has 128 valence electrons. The molecule has 0 aromatic heterocycles. The third-order valence-electron chi connectivity index (χ3n) is 3.98. The van der Waals surface area contributed by atoms with Crippen molar-refractivity contribution in [2.45, 2.75) is 32.1 Å². The van der Waals surface area contributed by atoms with Crippen LogP contribution in [0.3, 0.4) is 0 Å². The predicted molar refractivity (Wildman–Crippen MR) is 95.7 cm³/mol. The third kappa shape index (κ3) is 4.38. The molecule has 0 atom stereocenters. The van der Waals surface area contributed by atoms with E-state index in [-0.39, 0.29) is 5.75 Å². The molecule has 1 aromatic rings. The molecular formula is C16H24ClN3O2S. The molecule has 0 unspecified atom stereocenters. The van der Waals surface area contributed by atoms with E-state index in [1.54, 1.807) is 13.8 Å². The number of nitrogens with zero attached hydrogens (tertiary/aromatic N) is 2. The number of aliphatic imine (C=N–C) groups is 1. The van der Waals surface area contributed by atoms with Crippen LogP contribution in [0.5, 0.6) is 0 Å². The number of rotatable bonds is 3. The molecule has 0 saturated carbocycles. The van der Waals surface area contributed by atoms with E-state index < -0.39 is 14.6 Å². The van der Waals surface area contributed by atoms with Gasteiger partial charge in [-0.2, -0.15) is 0 Å². The van der Waals surface area contributed by atoms with Crippen molar-refractivity contribution < 1.29 is 8.42 Å². The second-order valence-corrected chi connectivity index (χ2v) is 9.48. The van der Waals surface area contributed by atoms with Gasteiger partial charge in [-0.3, -0.25) is 0 Å². The van der Waals surface area contributed by atoms with Gasteiger partial charge in [0.15, 0.2) is 15.8 Å². The lowest BCUT2D eigenvalue weighted by Gasteiger charge is -2.39. The van der Waals surface area contributed by atoms with Crippen LogP contribution in [-0.2, 0) is 16.4 Å². The van der Waals surface area contributed by atoms with Gasteiger partial charge in [-0.05, 0) is 38.5 Å². The van der Waals surface area contributed by atoms with Crippen molar-refractivity contribution in [1.29, 1.82) is 0 Å². The maximum Gasteiger partial charge on any atom is 0.194 e. The lowest BCUT2D eigenvalue weighted by Crippen LogP contribution is -2.57. The topological polar surface area (TPSA) is 61.8 Å². The third-order valence-corrected chi connectivity index (χ3v) is 6.75. The van der Waals surface area contributed by atoms with Crippen LogP contribution in [-0.4, -0.2) is 49.4 Å². The van der Waals surface area contributed by atoms with E-state index in [4.69, 9.17) is 11.6 Å². The van der Waals surface area contributed by atoms with Gasteiger partial charge in [0.05, 0.1) is 17.0 Å². The van der Waals surface area contributed by atoms with Crippen molar-refractivity contribution in [2.75, 3.05) is 25.4 Å². The monoisotopic (exact) mass is 357 g/mol. The van der Waals surface area contributed by atoms with Gasteiger partial charge in [0.1, 0.15) is 0 Å². The lowest BCUT2D eigenvalue weighted by molar-refractivity contribution is 0.353.